The monoisotopic (exact) mass is 372 g/mol. The normalized spacial score (nSPS) is 11.0. The van der Waals surface area contributed by atoms with Gasteiger partial charge in [0.05, 0.1) is 18.5 Å². The fraction of sp³-hybridized carbons (Fsp3) is 0.136. The molecule has 2 heterocycles. The summed E-state index contributed by atoms with van der Waals surface area (Å²) in [6.07, 6.45) is 3.48. The summed E-state index contributed by atoms with van der Waals surface area (Å²) < 4.78 is 1.67. The van der Waals surface area contributed by atoms with Gasteiger partial charge in [0.15, 0.2) is 0 Å². The number of aliphatic hydroxyl groups is 1. The Hall–Kier alpha value is -3.51. The van der Waals surface area contributed by atoms with Crippen molar-refractivity contribution < 1.29 is 9.90 Å². The molecule has 1 amide bonds. The number of nitrogens with one attached hydrogen (secondary N) is 1. The van der Waals surface area contributed by atoms with Crippen molar-refractivity contribution in [2.45, 2.75) is 13.5 Å². The Labute approximate surface area is 162 Å². The van der Waals surface area contributed by atoms with Crippen LogP contribution in [0, 0.1) is 6.92 Å². The lowest BCUT2D eigenvalue weighted by Gasteiger charge is -2.08. The first-order chi connectivity index (χ1) is 13.5. The van der Waals surface area contributed by atoms with E-state index in [9.17, 15) is 9.90 Å². The van der Waals surface area contributed by atoms with Crippen LogP contribution in [0.2, 0.25) is 0 Å². The van der Waals surface area contributed by atoms with E-state index in [4.69, 9.17) is 0 Å². The Morgan fingerprint density at radius 2 is 1.86 bits per heavy atom. The minimum absolute atomic E-state index is 0.0852. The van der Waals surface area contributed by atoms with Crippen molar-refractivity contribution >= 4 is 22.5 Å². The molecule has 0 fully saturated rings. The molecular formula is C22H20N4O2. The van der Waals surface area contributed by atoms with Crippen molar-refractivity contribution in [1.82, 2.24) is 14.8 Å². The molecule has 0 aliphatic rings. The zero-order valence-corrected chi connectivity index (χ0v) is 15.7. The van der Waals surface area contributed by atoms with Gasteiger partial charge in [-0.15, -0.1) is 0 Å². The molecule has 0 bridgehead atoms. The quantitative estimate of drug-likeness (QED) is 0.573. The van der Waals surface area contributed by atoms with E-state index in [0.29, 0.717) is 11.4 Å². The summed E-state index contributed by atoms with van der Waals surface area (Å²) in [6, 6.07) is 15.2. The topological polar surface area (TPSA) is 80.0 Å². The number of amides is 1. The SMILES string of the molecule is Cc1ccc(C(=O)Nc2cc3cc(-c4cnn(C)c4CO)ccc3cn2)cc1. The lowest BCUT2D eigenvalue weighted by Crippen LogP contribution is -2.12. The first-order valence-corrected chi connectivity index (χ1v) is 8.95. The third kappa shape index (κ3) is 3.37. The van der Waals surface area contributed by atoms with Gasteiger partial charge >= 0.3 is 0 Å². The van der Waals surface area contributed by atoms with Gasteiger partial charge in [-0.2, -0.15) is 5.10 Å². The van der Waals surface area contributed by atoms with Crippen LogP contribution in [0.15, 0.2) is 60.9 Å². The van der Waals surface area contributed by atoms with Crippen LogP contribution >= 0.6 is 0 Å². The fourth-order valence-electron chi connectivity index (χ4n) is 3.16. The molecule has 2 N–H and O–H groups in total. The Morgan fingerprint density at radius 3 is 2.61 bits per heavy atom. The molecule has 4 aromatic rings. The van der Waals surface area contributed by atoms with Crippen molar-refractivity contribution in [2.24, 2.45) is 7.05 Å². The maximum atomic E-state index is 12.4. The number of pyridine rings is 1. The number of carbonyl (C=O) groups excluding carboxylic acids is 1. The lowest BCUT2D eigenvalue weighted by molar-refractivity contribution is 0.102. The molecule has 6 heteroatoms. The van der Waals surface area contributed by atoms with E-state index >= 15 is 0 Å². The van der Waals surface area contributed by atoms with E-state index in [0.717, 1.165) is 33.2 Å². The molecule has 28 heavy (non-hydrogen) atoms. The molecular weight excluding hydrogens is 352 g/mol. The maximum absolute atomic E-state index is 12.4. The Bertz CT molecular complexity index is 1160. The maximum Gasteiger partial charge on any atom is 0.256 e. The van der Waals surface area contributed by atoms with Crippen LogP contribution < -0.4 is 5.32 Å². The van der Waals surface area contributed by atoms with E-state index < -0.39 is 0 Å². The molecule has 0 radical (unpaired) electrons. The van der Waals surface area contributed by atoms with Gasteiger partial charge < -0.3 is 10.4 Å². The molecule has 0 aliphatic carbocycles. The molecule has 0 unspecified atom stereocenters. The minimum Gasteiger partial charge on any atom is -0.390 e. The predicted octanol–water partition coefficient (Wildman–Crippen LogP) is 3.69. The third-order valence-electron chi connectivity index (χ3n) is 4.80. The van der Waals surface area contributed by atoms with E-state index in [1.54, 1.807) is 36.3 Å². The third-order valence-corrected chi connectivity index (χ3v) is 4.80. The van der Waals surface area contributed by atoms with Crippen LogP contribution in [0.3, 0.4) is 0 Å². The van der Waals surface area contributed by atoms with Gasteiger partial charge in [0.1, 0.15) is 5.82 Å². The molecule has 0 aliphatic heterocycles. The number of rotatable bonds is 4. The zero-order valence-electron chi connectivity index (χ0n) is 15.7. The number of aliphatic hydroxyl groups excluding tert-OH is 1. The van der Waals surface area contributed by atoms with Gasteiger partial charge in [-0.3, -0.25) is 9.48 Å². The van der Waals surface area contributed by atoms with Crippen LogP contribution in [-0.2, 0) is 13.7 Å². The number of anilines is 1. The largest absolute Gasteiger partial charge is 0.390 e. The number of aromatic nitrogens is 3. The highest BCUT2D eigenvalue weighted by Gasteiger charge is 2.11. The van der Waals surface area contributed by atoms with Crippen molar-refractivity contribution in [2.75, 3.05) is 5.32 Å². The van der Waals surface area contributed by atoms with Crippen molar-refractivity contribution in [1.29, 1.82) is 0 Å². The second kappa shape index (κ2) is 7.25. The first kappa shape index (κ1) is 17.9. The van der Waals surface area contributed by atoms with Crippen LogP contribution in [0.25, 0.3) is 21.9 Å². The molecule has 140 valence electrons. The summed E-state index contributed by atoms with van der Waals surface area (Å²) in [6.45, 7) is 1.90. The second-order valence-electron chi connectivity index (χ2n) is 6.74. The Kier molecular flexibility index (Phi) is 4.63. The smallest absolute Gasteiger partial charge is 0.256 e. The summed E-state index contributed by atoms with van der Waals surface area (Å²) in [4.78, 5) is 16.8. The average Bonchev–Trinajstić information content (AvgIpc) is 3.08. The van der Waals surface area contributed by atoms with Gasteiger partial charge in [-0.05, 0) is 42.1 Å². The summed E-state index contributed by atoms with van der Waals surface area (Å²) in [5.74, 6) is 0.293. The van der Waals surface area contributed by atoms with Crippen molar-refractivity contribution in [3.05, 3.63) is 77.7 Å². The number of benzene rings is 2. The van der Waals surface area contributed by atoms with Gasteiger partial charge in [-0.1, -0.05) is 29.8 Å². The fourth-order valence-corrected chi connectivity index (χ4v) is 3.16. The number of fused-ring (bicyclic) bond motifs is 1. The van der Waals surface area contributed by atoms with Crippen LogP contribution in [0.4, 0.5) is 5.82 Å². The van der Waals surface area contributed by atoms with E-state index in [2.05, 4.69) is 15.4 Å². The second-order valence-corrected chi connectivity index (χ2v) is 6.74. The van der Waals surface area contributed by atoms with Crippen LogP contribution in [0.1, 0.15) is 21.6 Å². The summed E-state index contributed by atoms with van der Waals surface area (Å²) >= 11 is 0. The van der Waals surface area contributed by atoms with E-state index in [-0.39, 0.29) is 12.5 Å². The highest BCUT2D eigenvalue weighted by Crippen LogP contribution is 2.28. The molecule has 2 aromatic heterocycles. The average molecular weight is 372 g/mol. The van der Waals surface area contributed by atoms with Crippen LogP contribution in [-0.4, -0.2) is 25.8 Å². The number of nitrogens with zero attached hydrogens (tertiary/aromatic N) is 3. The van der Waals surface area contributed by atoms with Gasteiger partial charge in [0, 0.05) is 29.8 Å². The van der Waals surface area contributed by atoms with Crippen LogP contribution in [0.5, 0.6) is 0 Å². The molecule has 2 aromatic carbocycles. The summed E-state index contributed by atoms with van der Waals surface area (Å²) in [5, 5.41) is 18.6. The lowest BCUT2D eigenvalue weighted by atomic mass is 10.0. The number of hydrogen-bond acceptors (Lipinski definition) is 4. The highest BCUT2D eigenvalue weighted by atomic mass is 16.3. The standard InChI is InChI=1S/C22H20N4O2/c1-14-3-5-15(6-4-14)22(28)25-21-10-18-9-16(7-8-17(18)11-23-21)19-12-24-26(2)20(19)13-27/h3-12,27H,13H2,1-2H3,(H,23,25,28). The number of aryl methyl sites for hydroxylation is 2. The summed E-state index contributed by atoms with van der Waals surface area (Å²) in [5.41, 5.74) is 4.27. The van der Waals surface area contributed by atoms with Gasteiger partial charge in [0.25, 0.3) is 5.91 Å². The van der Waals surface area contributed by atoms with E-state index in [1.807, 2.05) is 43.3 Å². The number of carbonyl (C=O) groups is 1. The minimum atomic E-state index is -0.196. The zero-order chi connectivity index (χ0) is 19.7. The molecule has 6 nitrogen and oxygen atoms in total. The highest BCUT2D eigenvalue weighted by molar-refractivity contribution is 6.04. The van der Waals surface area contributed by atoms with E-state index in [1.165, 1.54) is 0 Å². The molecule has 0 saturated carbocycles. The Morgan fingerprint density at radius 1 is 1.07 bits per heavy atom. The van der Waals surface area contributed by atoms with Crippen molar-refractivity contribution in [3.63, 3.8) is 0 Å². The molecule has 0 atom stereocenters. The molecule has 4 rings (SSSR count). The molecule has 0 saturated heterocycles. The first-order valence-electron chi connectivity index (χ1n) is 8.95. The van der Waals surface area contributed by atoms with Gasteiger partial charge in [-0.25, -0.2) is 4.98 Å². The van der Waals surface area contributed by atoms with Gasteiger partial charge in [0.2, 0.25) is 0 Å². The predicted molar refractivity (Wildman–Crippen MR) is 109 cm³/mol. The molecule has 0 spiro atoms. The Balaban J connectivity index is 1.66. The number of hydrogen-bond donors (Lipinski definition) is 2. The summed E-state index contributed by atoms with van der Waals surface area (Å²) in [7, 11) is 1.80. The van der Waals surface area contributed by atoms with Crippen molar-refractivity contribution in [3.8, 4) is 11.1 Å².